The number of nitro groups is 1. The predicted octanol–water partition coefficient (Wildman–Crippen LogP) is 3.85. The molecule has 1 N–H and O–H groups in total. The van der Waals surface area contributed by atoms with Gasteiger partial charge in [-0.2, -0.15) is 0 Å². The zero-order valence-corrected chi connectivity index (χ0v) is 14.3. The number of hydrogen-bond acceptors (Lipinski definition) is 6. The lowest BCUT2D eigenvalue weighted by Gasteiger charge is -2.06. The molecule has 1 heterocycles. The number of hydrogen-bond donors (Lipinski definition) is 1. The monoisotopic (exact) mass is 398 g/mol. The first-order valence-electron chi connectivity index (χ1n) is 6.44. The van der Waals surface area contributed by atoms with Gasteiger partial charge in [0.05, 0.1) is 11.5 Å². The van der Waals surface area contributed by atoms with Crippen molar-refractivity contribution in [3.8, 4) is 0 Å². The molecule has 1 aromatic heterocycles. The molecule has 2 rings (SSSR count). The first-order valence-corrected chi connectivity index (χ1v) is 8.05. The summed E-state index contributed by atoms with van der Waals surface area (Å²) in [7, 11) is 0. The van der Waals surface area contributed by atoms with Crippen molar-refractivity contribution in [1.29, 1.82) is 0 Å². The van der Waals surface area contributed by atoms with Crippen molar-refractivity contribution in [1.82, 2.24) is 0 Å². The second-order valence-electron chi connectivity index (χ2n) is 4.27. The van der Waals surface area contributed by atoms with Crippen LogP contribution in [-0.2, 0) is 4.74 Å². The third kappa shape index (κ3) is 4.14. The van der Waals surface area contributed by atoms with E-state index in [9.17, 15) is 19.7 Å². The van der Waals surface area contributed by atoms with Crippen LogP contribution in [-0.4, -0.2) is 23.4 Å². The van der Waals surface area contributed by atoms with Gasteiger partial charge in [-0.1, -0.05) is 22.0 Å². The maximum atomic E-state index is 12.2. The Hall–Kier alpha value is -2.26. The van der Waals surface area contributed by atoms with Gasteiger partial charge in [0.15, 0.2) is 0 Å². The highest BCUT2D eigenvalue weighted by atomic mass is 79.9. The Morgan fingerprint density at radius 2 is 2.13 bits per heavy atom. The summed E-state index contributed by atoms with van der Waals surface area (Å²) in [4.78, 5) is 34.4. The van der Waals surface area contributed by atoms with E-state index in [-0.39, 0.29) is 22.2 Å². The van der Waals surface area contributed by atoms with Crippen LogP contribution in [0.25, 0.3) is 0 Å². The van der Waals surface area contributed by atoms with Crippen LogP contribution < -0.4 is 5.32 Å². The van der Waals surface area contributed by atoms with E-state index >= 15 is 0 Å². The summed E-state index contributed by atoms with van der Waals surface area (Å²) >= 11 is 3.96. The lowest BCUT2D eigenvalue weighted by molar-refractivity contribution is -0.380. The summed E-state index contributed by atoms with van der Waals surface area (Å²) in [5, 5.41) is 13.2. The van der Waals surface area contributed by atoms with Gasteiger partial charge in [-0.3, -0.25) is 14.9 Å². The van der Waals surface area contributed by atoms with Crippen LogP contribution in [0.4, 0.5) is 10.0 Å². The van der Waals surface area contributed by atoms with Crippen molar-refractivity contribution in [2.24, 2.45) is 0 Å². The second-order valence-corrected chi connectivity index (χ2v) is 6.22. The van der Waals surface area contributed by atoms with Crippen LogP contribution in [0.1, 0.15) is 27.6 Å². The lowest BCUT2D eigenvalue weighted by Crippen LogP contribution is -2.14. The molecule has 0 spiro atoms. The Kier molecular flexibility index (Phi) is 5.45. The van der Waals surface area contributed by atoms with Crippen molar-refractivity contribution in [2.45, 2.75) is 6.92 Å². The summed E-state index contributed by atoms with van der Waals surface area (Å²) in [5.74, 6) is -1.20. The number of ether oxygens (including phenoxy) is 1. The standard InChI is InChI=1S/C14H11BrN2O5S/c1-2-22-14(19)10-7-11(17(20)21)23-13(10)16-12(18)8-4-3-5-9(15)6-8/h3-7H,2H2,1H3,(H,16,18). The first kappa shape index (κ1) is 17.1. The molecule has 0 aliphatic carbocycles. The molecule has 0 unspecified atom stereocenters. The molecule has 7 nitrogen and oxygen atoms in total. The lowest BCUT2D eigenvalue weighted by atomic mass is 10.2. The van der Waals surface area contributed by atoms with Gasteiger partial charge < -0.3 is 10.1 Å². The molecule has 0 saturated heterocycles. The molecule has 1 aromatic carbocycles. The van der Waals surface area contributed by atoms with Crippen LogP contribution in [0.15, 0.2) is 34.8 Å². The fraction of sp³-hybridized carbons (Fsp3) is 0.143. The third-order valence-corrected chi connectivity index (χ3v) is 4.20. The molecular weight excluding hydrogens is 388 g/mol. The molecule has 0 saturated carbocycles. The fourth-order valence-electron chi connectivity index (χ4n) is 1.73. The number of halogens is 1. The van der Waals surface area contributed by atoms with Gasteiger partial charge in [0.25, 0.3) is 5.91 Å². The van der Waals surface area contributed by atoms with Gasteiger partial charge in [0, 0.05) is 16.1 Å². The highest BCUT2D eigenvalue weighted by Crippen LogP contribution is 2.34. The molecule has 0 fully saturated rings. The van der Waals surface area contributed by atoms with Gasteiger partial charge in [-0.15, -0.1) is 0 Å². The summed E-state index contributed by atoms with van der Waals surface area (Å²) < 4.78 is 5.57. The van der Waals surface area contributed by atoms with E-state index in [0.29, 0.717) is 21.4 Å². The minimum atomic E-state index is -0.721. The van der Waals surface area contributed by atoms with Gasteiger partial charge >= 0.3 is 11.0 Å². The Morgan fingerprint density at radius 1 is 1.39 bits per heavy atom. The predicted molar refractivity (Wildman–Crippen MR) is 89.0 cm³/mol. The highest BCUT2D eigenvalue weighted by Gasteiger charge is 2.24. The Labute approximate surface area is 143 Å². The summed E-state index contributed by atoms with van der Waals surface area (Å²) in [5.41, 5.74) is 0.317. The molecule has 2 aromatic rings. The fourth-order valence-corrected chi connectivity index (χ4v) is 2.98. The molecule has 0 atom stereocenters. The number of esters is 1. The average molecular weight is 399 g/mol. The van der Waals surface area contributed by atoms with Crippen LogP contribution in [0.5, 0.6) is 0 Å². The number of anilines is 1. The van der Waals surface area contributed by atoms with Gasteiger partial charge in [-0.05, 0) is 36.5 Å². The third-order valence-electron chi connectivity index (χ3n) is 2.71. The topological polar surface area (TPSA) is 98.5 Å². The number of thiophene rings is 1. The molecule has 0 aliphatic rings. The first-order chi connectivity index (χ1) is 10.9. The van der Waals surface area contributed by atoms with Crippen molar-refractivity contribution in [2.75, 3.05) is 11.9 Å². The number of nitrogens with one attached hydrogen (secondary N) is 1. The second kappa shape index (κ2) is 7.34. The maximum absolute atomic E-state index is 12.2. The van der Waals surface area contributed by atoms with Crippen LogP contribution >= 0.6 is 27.3 Å². The number of carbonyl (C=O) groups excluding carboxylic acids is 2. The Bertz CT molecular complexity index is 774. The molecule has 1 amide bonds. The van der Waals surface area contributed by atoms with E-state index < -0.39 is 16.8 Å². The average Bonchev–Trinajstić information content (AvgIpc) is 2.91. The molecule has 9 heteroatoms. The van der Waals surface area contributed by atoms with Crippen LogP contribution in [0, 0.1) is 10.1 Å². The van der Waals surface area contributed by atoms with E-state index in [4.69, 9.17) is 4.74 Å². The van der Waals surface area contributed by atoms with Gasteiger partial charge in [0.2, 0.25) is 0 Å². The van der Waals surface area contributed by atoms with Gasteiger partial charge in [-0.25, -0.2) is 4.79 Å². The number of carbonyl (C=O) groups is 2. The van der Waals surface area contributed by atoms with Crippen molar-refractivity contribution < 1.29 is 19.2 Å². The summed E-state index contributed by atoms with van der Waals surface area (Å²) in [6.07, 6.45) is 0. The van der Waals surface area contributed by atoms with Crippen LogP contribution in [0.2, 0.25) is 0 Å². The van der Waals surface area contributed by atoms with E-state index in [1.807, 2.05) is 0 Å². The number of rotatable bonds is 5. The van der Waals surface area contributed by atoms with E-state index in [2.05, 4.69) is 21.2 Å². The molecule has 0 aliphatic heterocycles. The van der Waals surface area contributed by atoms with Crippen molar-refractivity contribution in [3.63, 3.8) is 0 Å². The quantitative estimate of drug-likeness (QED) is 0.468. The van der Waals surface area contributed by atoms with E-state index in [1.54, 1.807) is 31.2 Å². The minimum absolute atomic E-state index is 0.0353. The molecule has 0 radical (unpaired) electrons. The van der Waals surface area contributed by atoms with Crippen molar-refractivity contribution >= 4 is 49.1 Å². The van der Waals surface area contributed by atoms with Crippen LogP contribution in [0.3, 0.4) is 0 Å². The van der Waals surface area contributed by atoms with E-state index in [0.717, 1.165) is 6.07 Å². The zero-order chi connectivity index (χ0) is 17.0. The minimum Gasteiger partial charge on any atom is -0.462 e. The summed E-state index contributed by atoms with van der Waals surface area (Å²) in [6.45, 7) is 1.75. The number of amides is 1. The van der Waals surface area contributed by atoms with Gasteiger partial charge in [0.1, 0.15) is 10.6 Å². The molecule has 23 heavy (non-hydrogen) atoms. The largest absolute Gasteiger partial charge is 0.462 e. The van der Waals surface area contributed by atoms with E-state index in [1.165, 1.54) is 0 Å². The zero-order valence-electron chi connectivity index (χ0n) is 11.9. The Balaban J connectivity index is 2.32. The smallest absolute Gasteiger partial charge is 0.341 e. The molecule has 0 bridgehead atoms. The normalized spacial score (nSPS) is 10.2. The number of benzene rings is 1. The molecular formula is C14H11BrN2O5S. The molecule has 120 valence electrons. The van der Waals surface area contributed by atoms with Crippen molar-refractivity contribution in [3.05, 3.63) is 56.0 Å². The summed E-state index contributed by atoms with van der Waals surface area (Å²) in [6, 6.07) is 7.73. The highest BCUT2D eigenvalue weighted by molar-refractivity contribution is 9.10. The SMILES string of the molecule is CCOC(=O)c1cc([N+](=O)[O-])sc1NC(=O)c1cccc(Br)c1. The maximum Gasteiger partial charge on any atom is 0.341 e. The number of nitrogens with zero attached hydrogens (tertiary/aromatic N) is 1. The Morgan fingerprint density at radius 3 is 2.74 bits per heavy atom.